The molecule has 2 fully saturated rings. The van der Waals surface area contributed by atoms with Crippen LogP contribution in [0.25, 0.3) is 0 Å². The topological polar surface area (TPSA) is 53.6 Å². The van der Waals surface area contributed by atoms with Crippen LogP contribution in [0.4, 0.5) is 14.9 Å². The molecule has 23 heavy (non-hydrogen) atoms. The van der Waals surface area contributed by atoms with Crippen molar-refractivity contribution >= 4 is 11.7 Å². The lowest BCUT2D eigenvalue weighted by molar-refractivity contribution is 0.169. The number of hydrogen-bond donors (Lipinski definition) is 2. The number of rotatable bonds is 3. The Balaban J connectivity index is 1.56. The van der Waals surface area contributed by atoms with Crippen LogP contribution in [0.1, 0.15) is 26.2 Å². The van der Waals surface area contributed by atoms with E-state index in [1.807, 2.05) is 17.9 Å². The largest absolute Gasteiger partial charge is 0.379 e. The number of anilines is 1. The Morgan fingerprint density at radius 3 is 3.00 bits per heavy atom. The van der Waals surface area contributed by atoms with Crippen LogP contribution >= 0.6 is 0 Å². The highest BCUT2D eigenvalue weighted by atomic mass is 19.1. The van der Waals surface area contributed by atoms with Gasteiger partial charge in [0, 0.05) is 25.7 Å². The van der Waals surface area contributed by atoms with Gasteiger partial charge in [0.05, 0.1) is 17.8 Å². The average molecular weight is 321 g/mol. The van der Waals surface area contributed by atoms with E-state index in [0.29, 0.717) is 25.4 Å². The minimum Gasteiger partial charge on any atom is -0.379 e. The second-order valence-electron chi connectivity index (χ2n) is 6.70. The van der Waals surface area contributed by atoms with Gasteiger partial charge in [-0.2, -0.15) is 0 Å². The van der Waals surface area contributed by atoms with E-state index in [0.717, 1.165) is 25.8 Å². The minimum atomic E-state index is -0.288. The molecule has 1 aromatic carbocycles. The van der Waals surface area contributed by atoms with Crippen LogP contribution in [0.3, 0.4) is 0 Å². The molecule has 0 aromatic heterocycles. The fourth-order valence-electron chi connectivity index (χ4n) is 3.28. The number of piperidine rings is 1. The van der Waals surface area contributed by atoms with E-state index in [4.69, 9.17) is 4.74 Å². The van der Waals surface area contributed by atoms with Gasteiger partial charge in [-0.3, -0.25) is 0 Å². The quantitative estimate of drug-likeness (QED) is 0.898. The molecule has 126 valence electrons. The third-order valence-electron chi connectivity index (χ3n) is 4.58. The minimum absolute atomic E-state index is 0.0225. The Morgan fingerprint density at radius 1 is 1.43 bits per heavy atom. The first-order valence-electron chi connectivity index (χ1n) is 8.22. The van der Waals surface area contributed by atoms with Gasteiger partial charge in [0.2, 0.25) is 0 Å². The first-order valence-corrected chi connectivity index (χ1v) is 8.22. The van der Waals surface area contributed by atoms with Crippen molar-refractivity contribution < 1.29 is 13.9 Å². The number of ether oxygens (including phenoxy) is 1. The molecule has 0 spiro atoms. The zero-order chi connectivity index (χ0) is 16.3. The lowest BCUT2D eigenvalue weighted by atomic mass is 10.0. The Bertz CT molecular complexity index is 561. The molecule has 0 radical (unpaired) electrons. The summed E-state index contributed by atoms with van der Waals surface area (Å²) >= 11 is 0. The fourth-order valence-corrected chi connectivity index (χ4v) is 3.28. The van der Waals surface area contributed by atoms with E-state index >= 15 is 0 Å². The molecule has 6 heteroatoms. The number of carbonyl (C=O) groups excluding carboxylic acids is 1. The van der Waals surface area contributed by atoms with E-state index in [2.05, 4.69) is 10.6 Å². The number of hydrogen-bond acceptors (Lipinski definition) is 3. The first-order chi connectivity index (χ1) is 11.1. The SMILES string of the molecule is CC1(NC(=O)NC2CCCN(c3ccccc3F)C2)CCOC1. The van der Waals surface area contributed by atoms with Crippen molar-refractivity contribution in [3.05, 3.63) is 30.1 Å². The van der Waals surface area contributed by atoms with Crippen LogP contribution in [0.2, 0.25) is 0 Å². The van der Waals surface area contributed by atoms with Crippen molar-refractivity contribution in [2.45, 2.75) is 37.8 Å². The predicted molar refractivity (Wildman–Crippen MR) is 87.1 cm³/mol. The first kappa shape index (κ1) is 16.1. The van der Waals surface area contributed by atoms with Gasteiger partial charge in [-0.1, -0.05) is 12.1 Å². The van der Waals surface area contributed by atoms with Gasteiger partial charge >= 0.3 is 6.03 Å². The molecule has 2 amide bonds. The van der Waals surface area contributed by atoms with Gasteiger partial charge in [-0.15, -0.1) is 0 Å². The predicted octanol–water partition coefficient (Wildman–Crippen LogP) is 2.27. The van der Waals surface area contributed by atoms with Crippen molar-refractivity contribution in [2.24, 2.45) is 0 Å². The van der Waals surface area contributed by atoms with Crippen LogP contribution in [0.15, 0.2) is 24.3 Å². The number of nitrogens with one attached hydrogen (secondary N) is 2. The van der Waals surface area contributed by atoms with Crippen LogP contribution in [-0.2, 0) is 4.74 Å². The zero-order valence-corrected chi connectivity index (χ0v) is 13.5. The van der Waals surface area contributed by atoms with E-state index in [-0.39, 0.29) is 23.4 Å². The Kier molecular flexibility index (Phi) is 4.71. The molecule has 5 nitrogen and oxygen atoms in total. The maximum absolute atomic E-state index is 13.9. The van der Waals surface area contributed by atoms with Gasteiger partial charge < -0.3 is 20.3 Å². The third-order valence-corrected chi connectivity index (χ3v) is 4.58. The summed E-state index contributed by atoms with van der Waals surface area (Å²) in [5.74, 6) is -0.215. The summed E-state index contributed by atoms with van der Waals surface area (Å²) in [5, 5.41) is 6.02. The number of nitrogens with zero attached hydrogens (tertiary/aromatic N) is 1. The van der Waals surface area contributed by atoms with Crippen LogP contribution < -0.4 is 15.5 Å². The van der Waals surface area contributed by atoms with E-state index in [1.165, 1.54) is 6.07 Å². The summed E-state index contributed by atoms with van der Waals surface area (Å²) in [4.78, 5) is 14.2. The van der Waals surface area contributed by atoms with Crippen LogP contribution in [-0.4, -0.2) is 43.9 Å². The number of carbonyl (C=O) groups is 1. The summed E-state index contributed by atoms with van der Waals surface area (Å²) in [5.41, 5.74) is 0.319. The summed E-state index contributed by atoms with van der Waals surface area (Å²) < 4.78 is 19.3. The van der Waals surface area contributed by atoms with Gasteiger partial charge in [0.25, 0.3) is 0 Å². The number of para-hydroxylation sites is 1. The van der Waals surface area contributed by atoms with E-state index < -0.39 is 0 Å². The molecule has 2 aliphatic rings. The highest BCUT2D eigenvalue weighted by Gasteiger charge is 2.32. The van der Waals surface area contributed by atoms with Crippen molar-refractivity contribution in [3.8, 4) is 0 Å². The lowest BCUT2D eigenvalue weighted by Crippen LogP contribution is -2.56. The maximum atomic E-state index is 13.9. The normalized spacial score (nSPS) is 27.7. The van der Waals surface area contributed by atoms with Gasteiger partial charge in [-0.05, 0) is 38.3 Å². The summed E-state index contributed by atoms with van der Waals surface area (Å²) in [6.45, 7) is 4.66. The monoisotopic (exact) mass is 321 g/mol. The number of halogens is 1. The molecule has 0 saturated carbocycles. The molecule has 2 heterocycles. The molecular weight excluding hydrogens is 297 g/mol. The van der Waals surface area contributed by atoms with Gasteiger partial charge in [0.1, 0.15) is 5.82 Å². The standard InChI is InChI=1S/C17H24FN3O2/c1-17(8-10-23-12-17)20-16(22)19-13-5-4-9-21(11-13)15-7-3-2-6-14(15)18/h2-3,6-7,13H,4-5,8-12H2,1H3,(H2,19,20,22). The molecule has 2 atom stereocenters. The molecule has 0 aliphatic carbocycles. The molecule has 2 unspecified atom stereocenters. The Hall–Kier alpha value is -1.82. The molecule has 2 aliphatic heterocycles. The van der Waals surface area contributed by atoms with E-state index in [9.17, 15) is 9.18 Å². The molecule has 2 N–H and O–H groups in total. The summed E-state index contributed by atoms with van der Waals surface area (Å²) in [6, 6.07) is 6.64. The number of urea groups is 1. The number of amides is 2. The Morgan fingerprint density at radius 2 is 2.26 bits per heavy atom. The summed E-state index contributed by atoms with van der Waals surface area (Å²) in [7, 11) is 0. The highest BCUT2D eigenvalue weighted by Crippen LogP contribution is 2.23. The zero-order valence-electron chi connectivity index (χ0n) is 13.5. The molecule has 2 saturated heterocycles. The smallest absolute Gasteiger partial charge is 0.315 e. The van der Waals surface area contributed by atoms with Crippen LogP contribution in [0.5, 0.6) is 0 Å². The average Bonchev–Trinajstić information content (AvgIpc) is 2.94. The van der Waals surface area contributed by atoms with Gasteiger partial charge in [-0.25, -0.2) is 9.18 Å². The second-order valence-corrected chi connectivity index (χ2v) is 6.70. The third kappa shape index (κ3) is 3.93. The van der Waals surface area contributed by atoms with Crippen molar-refractivity contribution in [3.63, 3.8) is 0 Å². The maximum Gasteiger partial charge on any atom is 0.315 e. The second kappa shape index (κ2) is 6.74. The van der Waals surface area contributed by atoms with Crippen LogP contribution in [0, 0.1) is 5.82 Å². The molecule has 0 bridgehead atoms. The highest BCUT2D eigenvalue weighted by molar-refractivity contribution is 5.75. The summed E-state index contributed by atoms with van der Waals surface area (Å²) in [6.07, 6.45) is 2.66. The van der Waals surface area contributed by atoms with Crippen molar-refractivity contribution in [2.75, 3.05) is 31.2 Å². The molecule has 1 aromatic rings. The lowest BCUT2D eigenvalue weighted by Gasteiger charge is -2.35. The van der Waals surface area contributed by atoms with Crippen molar-refractivity contribution in [1.82, 2.24) is 10.6 Å². The van der Waals surface area contributed by atoms with Gasteiger partial charge in [0.15, 0.2) is 0 Å². The fraction of sp³-hybridized carbons (Fsp3) is 0.588. The molecular formula is C17H24FN3O2. The Labute approximate surface area is 136 Å². The van der Waals surface area contributed by atoms with E-state index in [1.54, 1.807) is 12.1 Å². The van der Waals surface area contributed by atoms with Crippen molar-refractivity contribution in [1.29, 1.82) is 0 Å². The number of benzene rings is 1. The molecule has 3 rings (SSSR count).